The molecule has 1 aliphatic heterocycles. The van der Waals surface area contributed by atoms with Crippen molar-refractivity contribution in [1.82, 2.24) is 4.90 Å². The van der Waals surface area contributed by atoms with E-state index in [2.05, 4.69) is 26.1 Å². The van der Waals surface area contributed by atoms with Crippen LogP contribution in [0.2, 0.25) is 0 Å². The largest absolute Gasteiger partial charge is 0.327 e. The van der Waals surface area contributed by atoms with Crippen LogP contribution < -0.4 is 11.1 Å². The highest BCUT2D eigenvalue weighted by atomic mass is 79.9. The van der Waals surface area contributed by atoms with Gasteiger partial charge in [0.1, 0.15) is 0 Å². The number of amides is 1. The summed E-state index contributed by atoms with van der Waals surface area (Å²) in [6, 6.07) is 6.09. The average Bonchev–Trinajstić information content (AvgIpc) is 2.33. The van der Waals surface area contributed by atoms with E-state index in [1.165, 1.54) is 0 Å². The van der Waals surface area contributed by atoms with Gasteiger partial charge in [0.05, 0.1) is 12.2 Å². The fourth-order valence-corrected chi connectivity index (χ4v) is 2.94. The lowest BCUT2D eigenvalue weighted by molar-refractivity contribution is -0.117. The first-order chi connectivity index (χ1) is 9.04. The molecule has 1 heterocycles. The minimum Gasteiger partial charge on any atom is -0.327 e. The first kappa shape index (κ1) is 14.5. The van der Waals surface area contributed by atoms with Gasteiger partial charge in [0.2, 0.25) is 5.91 Å². The molecule has 0 unspecified atom stereocenters. The van der Waals surface area contributed by atoms with Crippen molar-refractivity contribution in [3.63, 3.8) is 0 Å². The summed E-state index contributed by atoms with van der Waals surface area (Å²) in [7, 11) is 0. The van der Waals surface area contributed by atoms with Crippen LogP contribution >= 0.6 is 15.9 Å². The Bertz CT molecular complexity index is 464. The topological polar surface area (TPSA) is 58.4 Å². The monoisotopic (exact) mass is 325 g/mol. The number of likely N-dealkylation sites (tertiary alicyclic amines) is 1. The fraction of sp³-hybridized carbons (Fsp3) is 0.500. The molecule has 0 aromatic heterocycles. The van der Waals surface area contributed by atoms with Crippen LogP contribution in [0.3, 0.4) is 0 Å². The molecule has 19 heavy (non-hydrogen) atoms. The van der Waals surface area contributed by atoms with Crippen molar-refractivity contribution in [3.8, 4) is 0 Å². The summed E-state index contributed by atoms with van der Waals surface area (Å²) >= 11 is 3.46. The number of hydrogen-bond donors (Lipinski definition) is 2. The number of rotatable bonds is 3. The maximum absolute atomic E-state index is 12.0. The van der Waals surface area contributed by atoms with Crippen molar-refractivity contribution >= 4 is 27.5 Å². The molecule has 104 valence electrons. The predicted octanol–water partition coefficient (Wildman–Crippen LogP) is 2.12. The van der Waals surface area contributed by atoms with Crippen LogP contribution in [0.4, 0.5) is 5.69 Å². The van der Waals surface area contributed by atoms with Gasteiger partial charge in [-0.1, -0.05) is 6.07 Å². The Kier molecular flexibility index (Phi) is 4.96. The van der Waals surface area contributed by atoms with Gasteiger partial charge in [-0.25, -0.2) is 0 Å². The van der Waals surface area contributed by atoms with E-state index in [0.717, 1.165) is 41.7 Å². The molecular formula is C14H20BrN3O. The summed E-state index contributed by atoms with van der Waals surface area (Å²) in [6.07, 6.45) is 2.13. The molecule has 4 nitrogen and oxygen atoms in total. The molecule has 1 fully saturated rings. The first-order valence-electron chi connectivity index (χ1n) is 6.58. The van der Waals surface area contributed by atoms with E-state index < -0.39 is 0 Å². The van der Waals surface area contributed by atoms with E-state index in [4.69, 9.17) is 5.73 Å². The van der Waals surface area contributed by atoms with Crippen molar-refractivity contribution in [2.45, 2.75) is 25.8 Å². The normalized spacial score (nSPS) is 20.3. The number of nitrogens with zero attached hydrogens (tertiary/aromatic N) is 1. The highest BCUT2D eigenvalue weighted by Gasteiger charge is 2.19. The number of aryl methyl sites for hydroxylation is 1. The molecule has 0 aliphatic carbocycles. The lowest BCUT2D eigenvalue weighted by Crippen LogP contribution is -2.45. The number of carbonyl (C=O) groups excluding carboxylic acids is 1. The van der Waals surface area contributed by atoms with Crippen molar-refractivity contribution in [2.24, 2.45) is 5.73 Å². The van der Waals surface area contributed by atoms with Crippen LogP contribution in [0.15, 0.2) is 22.7 Å². The van der Waals surface area contributed by atoms with E-state index in [9.17, 15) is 4.79 Å². The Morgan fingerprint density at radius 1 is 1.58 bits per heavy atom. The minimum atomic E-state index is 0.0126. The van der Waals surface area contributed by atoms with E-state index in [1.54, 1.807) is 0 Å². The van der Waals surface area contributed by atoms with Crippen LogP contribution in [0.25, 0.3) is 0 Å². The van der Waals surface area contributed by atoms with Crippen molar-refractivity contribution in [1.29, 1.82) is 0 Å². The Balaban J connectivity index is 1.90. The van der Waals surface area contributed by atoms with Crippen LogP contribution in [0.1, 0.15) is 18.4 Å². The summed E-state index contributed by atoms with van der Waals surface area (Å²) < 4.78 is 0.913. The lowest BCUT2D eigenvalue weighted by Gasteiger charge is -2.30. The van der Waals surface area contributed by atoms with Gasteiger partial charge in [-0.3, -0.25) is 9.69 Å². The van der Waals surface area contributed by atoms with Gasteiger partial charge in [-0.15, -0.1) is 0 Å². The summed E-state index contributed by atoms with van der Waals surface area (Å²) in [4.78, 5) is 14.1. The molecule has 1 aromatic rings. The lowest BCUT2D eigenvalue weighted by atomic mass is 10.1. The molecule has 1 saturated heterocycles. The zero-order chi connectivity index (χ0) is 13.8. The minimum absolute atomic E-state index is 0.0126. The number of nitrogens with two attached hydrogens (primary N) is 1. The highest BCUT2D eigenvalue weighted by Crippen LogP contribution is 2.23. The molecule has 0 radical (unpaired) electrons. The molecular weight excluding hydrogens is 306 g/mol. The smallest absolute Gasteiger partial charge is 0.238 e. The quantitative estimate of drug-likeness (QED) is 0.894. The Labute approximate surface area is 122 Å². The second-order valence-electron chi connectivity index (χ2n) is 5.17. The summed E-state index contributed by atoms with van der Waals surface area (Å²) in [5, 5.41) is 2.93. The molecule has 0 saturated carbocycles. The Morgan fingerprint density at radius 3 is 3.05 bits per heavy atom. The molecule has 1 aromatic carbocycles. The number of anilines is 1. The molecule has 1 aliphatic rings. The van der Waals surface area contributed by atoms with Gasteiger partial charge in [0.15, 0.2) is 0 Å². The molecule has 1 atom stereocenters. The molecule has 1 amide bonds. The highest BCUT2D eigenvalue weighted by molar-refractivity contribution is 9.10. The second kappa shape index (κ2) is 6.50. The average molecular weight is 326 g/mol. The van der Waals surface area contributed by atoms with Gasteiger partial charge in [0, 0.05) is 17.1 Å². The molecule has 2 rings (SSSR count). The number of carbonyl (C=O) groups is 1. The fourth-order valence-electron chi connectivity index (χ4n) is 2.35. The third-order valence-electron chi connectivity index (χ3n) is 3.31. The zero-order valence-electron chi connectivity index (χ0n) is 11.2. The van der Waals surface area contributed by atoms with Crippen molar-refractivity contribution < 1.29 is 4.79 Å². The number of benzene rings is 1. The number of nitrogens with one attached hydrogen (secondary N) is 1. The third kappa shape index (κ3) is 4.30. The molecule has 0 spiro atoms. The van der Waals surface area contributed by atoms with E-state index in [1.807, 2.05) is 25.1 Å². The van der Waals surface area contributed by atoms with Gasteiger partial charge in [-0.05, 0) is 59.9 Å². The van der Waals surface area contributed by atoms with Crippen LogP contribution in [-0.4, -0.2) is 36.5 Å². The first-order valence-corrected chi connectivity index (χ1v) is 7.38. The summed E-state index contributed by atoms with van der Waals surface area (Å²) in [5.74, 6) is 0.0126. The predicted molar refractivity (Wildman–Crippen MR) is 81.2 cm³/mol. The summed E-state index contributed by atoms with van der Waals surface area (Å²) in [6.45, 7) is 4.19. The number of piperidine rings is 1. The molecule has 0 bridgehead atoms. The van der Waals surface area contributed by atoms with Crippen molar-refractivity contribution in [2.75, 3.05) is 25.0 Å². The standard InChI is InChI=1S/C14H20BrN3O/c1-10-4-5-13(12(15)7-10)17-14(19)9-18-6-2-3-11(16)8-18/h4-5,7,11H,2-3,6,8-9,16H2,1H3,(H,17,19)/t11-/m1/s1. The SMILES string of the molecule is Cc1ccc(NC(=O)CN2CCC[C@@H](N)C2)c(Br)c1. The maximum Gasteiger partial charge on any atom is 0.238 e. The van der Waals surface area contributed by atoms with Crippen LogP contribution in [0.5, 0.6) is 0 Å². The van der Waals surface area contributed by atoms with Gasteiger partial charge >= 0.3 is 0 Å². The number of halogens is 1. The Morgan fingerprint density at radius 2 is 2.37 bits per heavy atom. The molecule has 3 N–H and O–H groups in total. The maximum atomic E-state index is 12.0. The van der Waals surface area contributed by atoms with E-state index in [-0.39, 0.29) is 11.9 Å². The summed E-state index contributed by atoms with van der Waals surface area (Å²) in [5.41, 5.74) is 7.89. The van der Waals surface area contributed by atoms with Gasteiger partial charge < -0.3 is 11.1 Å². The number of hydrogen-bond acceptors (Lipinski definition) is 3. The molecule has 5 heteroatoms. The van der Waals surface area contributed by atoms with Crippen molar-refractivity contribution in [3.05, 3.63) is 28.2 Å². The van der Waals surface area contributed by atoms with E-state index in [0.29, 0.717) is 6.54 Å². The Hall–Kier alpha value is -0.910. The third-order valence-corrected chi connectivity index (χ3v) is 3.96. The van der Waals surface area contributed by atoms with Gasteiger partial charge in [-0.2, -0.15) is 0 Å². The second-order valence-corrected chi connectivity index (χ2v) is 6.02. The van der Waals surface area contributed by atoms with E-state index >= 15 is 0 Å². The van der Waals surface area contributed by atoms with Gasteiger partial charge in [0.25, 0.3) is 0 Å². The van der Waals surface area contributed by atoms with Crippen LogP contribution in [0, 0.1) is 6.92 Å². The zero-order valence-corrected chi connectivity index (χ0v) is 12.7. The van der Waals surface area contributed by atoms with Crippen LogP contribution in [-0.2, 0) is 4.79 Å².